The molecule has 0 radical (unpaired) electrons. The first kappa shape index (κ1) is 24.3. The fourth-order valence-corrected chi connectivity index (χ4v) is 3.45. The summed E-state index contributed by atoms with van der Waals surface area (Å²) < 4.78 is 11.1. The van der Waals surface area contributed by atoms with Crippen molar-refractivity contribution in [2.45, 2.75) is 6.92 Å². The number of nitrogens with one attached hydrogen (secondary N) is 1. The van der Waals surface area contributed by atoms with Crippen molar-refractivity contribution in [1.29, 1.82) is 0 Å². The molecule has 0 aliphatic heterocycles. The normalized spacial score (nSPS) is 11.1. The summed E-state index contributed by atoms with van der Waals surface area (Å²) in [4.78, 5) is 26.7. The molecule has 0 saturated heterocycles. The number of anilines is 1. The third-order valence-electron chi connectivity index (χ3n) is 4.12. The van der Waals surface area contributed by atoms with Gasteiger partial charge in [0.15, 0.2) is 0 Å². The molecule has 3 aromatic rings. The van der Waals surface area contributed by atoms with Gasteiger partial charge in [-0.2, -0.15) is 4.99 Å². The summed E-state index contributed by atoms with van der Waals surface area (Å²) in [7, 11) is 0. The van der Waals surface area contributed by atoms with E-state index in [0.717, 1.165) is 0 Å². The fraction of sp³-hybridized carbons (Fsp3) is 0.0909. The Morgan fingerprint density at radius 1 is 1.03 bits per heavy atom. The number of halogens is 3. The second kappa shape index (κ2) is 11.0. The molecule has 33 heavy (non-hydrogen) atoms. The topological polar surface area (TPSA) is 103 Å². The zero-order valence-electron chi connectivity index (χ0n) is 17.1. The molecular weight excluding hydrogens is 493 g/mol. The molecule has 0 aromatic heterocycles. The number of benzene rings is 3. The van der Waals surface area contributed by atoms with Gasteiger partial charge in [0.05, 0.1) is 32.2 Å². The molecule has 3 rings (SSSR count). The number of rotatable bonds is 6. The highest BCUT2D eigenvalue weighted by Crippen LogP contribution is 2.32. The maximum Gasteiger partial charge on any atom is 0.348 e. The van der Waals surface area contributed by atoms with Crippen LogP contribution in [0.1, 0.15) is 12.5 Å². The monoisotopic (exact) mass is 507 g/mol. The van der Waals surface area contributed by atoms with Gasteiger partial charge < -0.3 is 14.8 Å². The molecule has 0 aliphatic rings. The summed E-state index contributed by atoms with van der Waals surface area (Å²) >= 11 is 18.6. The number of carbonyl (C=O) groups excluding carboxylic acids is 1. The third kappa shape index (κ3) is 6.35. The van der Waals surface area contributed by atoms with E-state index in [1.54, 1.807) is 31.2 Å². The number of nitrogens with zero attached hydrogens (tertiary/aromatic N) is 2. The number of carbonyl (C=O) groups is 1. The van der Waals surface area contributed by atoms with Gasteiger partial charge >= 0.3 is 6.03 Å². The molecule has 0 unspecified atom stereocenters. The first-order valence-electron chi connectivity index (χ1n) is 9.47. The second-order valence-electron chi connectivity index (χ2n) is 6.38. The van der Waals surface area contributed by atoms with Crippen LogP contribution in [0.2, 0.25) is 15.1 Å². The van der Waals surface area contributed by atoms with E-state index in [0.29, 0.717) is 32.8 Å². The molecule has 0 heterocycles. The summed E-state index contributed by atoms with van der Waals surface area (Å²) in [6.45, 7) is 1.98. The van der Waals surface area contributed by atoms with E-state index in [2.05, 4.69) is 10.3 Å². The Labute approximate surface area is 203 Å². The van der Waals surface area contributed by atoms with Crippen molar-refractivity contribution in [2.24, 2.45) is 4.99 Å². The molecule has 170 valence electrons. The van der Waals surface area contributed by atoms with Crippen molar-refractivity contribution < 1.29 is 19.2 Å². The highest BCUT2D eigenvalue weighted by atomic mass is 35.5. The van der Waals surface area contributed by atoms with Gasteiger partial charge in [0.25, 0.3) is 5.69 Å². The maximum atomic E-state index is 12.5. The van der Waals surface area contributed by atoms with Crippen molar-refractivity contribution in [3.05, 3.63) is 91.4 Å². The van der Waals surface area contributed by atoms with Crippen LogP contribution in [-0.4, -0.2) is 23.5 Å². The number of non-ortho nitro benzene ring substituents is 1. The minimum absolute atomic E-state index is 0.0187. The van der Waals surface area contributed by atoms with E-state index < -0.39 is 11.0 Å². The molecule has 0 fully saturated rings. The lowest BCUT2D eigenvalue weighted by molar-refractivity contribution is -0.384. The van der Waals surface area contributed by atoms with Gasteiger partial charge in [-0.25, -0.2) is 4.79 Å². The molecule has 0 aliphatic carbocycles. The molecule has 1 N–H and O–H groups in total. The predicted octanol–water partition coefficient (Wildman–Crippen LogP) is 7.36. The molecule has 0 bridgehead atoms. The fourth-order valence-electron chi connectivity index (χ4n) is 2.67. The molecule has 2 amide bonds. The highest BCUT2D eigenvalue weighted by molar-refractivity contribution is 6.40. The van der Waals surface area contributed by atoms with Gasteiger partial charge in [-0.15, -0.1) is 0 Å². The number of hydrogen-bond acceptors (Lipinski definition) is 5. The van der Waals surface area contributed by atoms with E-state index in [1.165, 1.54) is 36.4 Å². The number of hydrogen-bond donors (Lipinski definition) is 1. The van der Waals surface area contributed by atoms with E-state index in [1.807, 2.05) is 0 Å². The van der Waals surface area contributed by atoms with Crippen LogP contribution in [0.3, 0.4) is 0 Å². The average molecular weight is 509 g/mol. The number of aliphatic imine (C=N–C) groups is 1. The van der Waals surface area contributed by atoms with Gasteiger partial charge in [-0.3, -0.25) is 10.1 Å². The maximum absolute atomic E-state index is 12.5. The first-order valence-corrected chi connectivity index (χ1v) is 10.6. The van der Waals surface area contributed by atoms with Crippen LogP contribution >= 0.6 is 34.8 Å². The minimum atomic E-state index is -0.727. The molecule has 0 spiro atoms. The van der Waals surface area contributed by atoms with Crippen LogP contribution in [0.5, 0.6) is 11.5 Å². The third-order valence-corrected chi connectivity index (χ3v) is 5.04. The average Bonchev–Trinajstić information content (AvgIpc) is 2.76. The SMILES string of the molecule is CCO/C(=N\C(=O)Nc1ccc(Oc2ccc([N+](=O)[O-])cc2)c(Cl)c1)c1c(Cl)cccc1Cl. The zero-order chi connectivity index (χ0) is 24.0. The highest BCUT2D eigenvalue weighted by Gasteiger charge is 2.16. The van der Waals surface area contributed by atoms with Gasteiger partial charge in [-0.05, 0) is 49.4 Å². The van der Waals surface area contributed by atoms with Gasteiger partial charge in [0.1, 0.15) is 11.5 Å². The van der Waals surface area contributed by atoms with Gasteiger partial charge in [0.2, 0.25) is 5.90 Å². The van der Waals surface area contributed by atoms with Crippen molar-refractivity contribution in [2.75, 3.05) is 11.9 Å². The molecule has 11 heteroatoms. The lowest BCUT2D eigenvalue weighted by atomic mass is 10.2. The Kier molecular flexibility index (Phi) is 8.11. The number of nitro groups is 1. The summed E-state index contributed by atoms with van der Waals surface area (Å²) in [6, 6.07) is 14.3. The lowest BCUT2D eigenvalue weighted by Gasteiger charge is -2.12. The van der Waals surface area contributed by atoms with Crippen molar-refractivity contribution >= 4 is 58.1 Å². The molecular formula is C22H16Cl3N3O5. The Morgan fingerprint density at radius 2 is 1.70 bits per heavy atom. The lowest BCUT2D eigenvalue weighted by Crippen LogP contribution is -2.15. The van der Waals surface area contributed by atoms with E-state index in [4.69, 9.17) is 44.3 Å². The van der Waals surface area contributed by atoms with Crippen LogP contribution in [-0.2, 0) is 4.74 Å². The summed E-state index contributed by atoms with van der Waals surface area (Å²) in [5.41, 5.74) is 0.602. The van der Waals surface area contributed by atoms with Crippen molar-refractivity contribution in [1.82, 2.24) is 0 Å². The van der Waals surface area contributed by atoms with E-state index in [9.17, 15) is 14.9 Å². The Balaban J connectivity index is 1.75. The molecule has 3 aromatic carbocycles. The van der Waals surface area contributed by atoms with Gasteiger partial charge in [0, 0.05) is 17.8 Å². The van der Waals surface area contributed by atoms with Crippen LogP contribution in [0.4, 0.5) is 16.2 Å². The van der Waals surface area contributed by atoms with Crippen molar-refractivity contribution in [3.8, 4) is 11.5 Å². The molecule has 0 saturated carbocycles. The van der Waals surface area contributed by atoms with Crippen LogP contribution in [0, 0.1) is 10.1 Å². The van der Waals surface area contributed by atoms with Crippen LogP contribution in [0.15, 0.2) is 65.7 Å². The van der Waals surface area contributed by atoms with E-state index >= 15 is 0 Å². The van der Waals surface area contributed by atoms with Gasteiger partial charge in [-0.1, -0.05) is 40.9 Å². The molecule has 8 nitrogen and oxygen atoms in total. The Morgan fingerprint density at radius 3 is 2.27 bits per heavy atom. The summed E-state index contributed by atoms with van der Waals surface area (Å²) in [5, 5.41) is 14.1. The van der Waals surface area contributed by atoms with Crippen LogP contribution < -0.4 is 10.1 Å². The number of ether oxygens (including phenoxy) is 2. The summed E-state index contributed by atoms with van der Waals surface area (Å²) in [6.07, 6.45) is 0. The Bertz CT molecular complexity index is 1200. The quantitative estimate of drug-likeness (QED) is 0.162. The Hall–Kier alpha value is -3.33. The van der Waals surface area contributed by atoms with Crippen LogP contribution in [0.25, 0.3) is 0 Å². The first-order chi connectivity index (χ1) is 15.8. The molecule has 0 atom stereocenters. The van der Waals surface area contributed by atoms with E-state index in [-0.39, 0.29) is 23.2 Å². The zero-order valence-corrected chi connectivity index (χ0v) is 19.3. The standard InChI is InChI=1S/C22H16Cl3N3O5/c1-2-32-21(20-16(23)4-3-5-17(20)24)27-22(29)26-13-6-11-19(18(25)12-13)33-15-9-7-14(8-10-15)28(30)31/h3-12H,2H2,1H3,(H,26,29)/b27-21-. The largest absolute Gasteiger partial charge is 0.477 e. The predicted molar refractivity (Wildman–Crippen MR) is 128 cm³/mol. The van der Waals surface area contributed by atoms with Crippen molar-refractivity contribution in [3.63, 3.8) is 0 Å². The number of amides is 2. The minimum Gasteiger partial charge on any atom is -0.477 e. The number of urea groups is 1. The number of nitro benzene ring substituents is 1. The smallest absolute Gasteiger partial charge is 0.348 e. The summed E-state index contributed by atoms with van der Waals surface area (Å²) in [5.74, 6) is 0.640. The second-order valence-corrected chi connectivity index (χ2v) is 7.60.